The van der Waals surface area contributed by atoms with Gasteiger partial charge in [0.05, 0.1) is 6.20 Å². The molecule has 0 unspecified atom stereocenters. The van der Waals surface area contributed by atoms with E-state index in [0.717, 1.165) is 83.7 Å². The third kappa shape index (κ3) is 5.40. The van der Waals surface area contributed by atoms with Crippen LogP contribution in [-0.2, 0) is 4.79 Å². The minimum absolute atomic E-state index is 0.313. The molecule has 1 aromatic heterocycles. The fraction of sp³-hybridized carbons (Fsp3) is 0.750. The summed E-state index contributed by atoms with van der Waals surface area (Å²) in [5.41, 5.74) is 0.313. The zero-order valence-corrected chi connectivity index (χ0v) is 16.4. The monoisotopic (exact) mass is 359 g/mol. The third-order valence-electron chi connectivity index (χ3n) is 5.83. The Balaban J connectivity index is 1.33. The van der Waals surface area contributed by atoms with Gasteiger partial charge in [-0.25, -0.2) is 4.98 Å². The number of anilines is 1. The first kappa shape index (κ1) is 19.1. The van der Waals surface area contributed by atoms with Crippen molar-refractivity contribution in [3.8, 4) is 0 Å². The van der Waals surface area contributed by atoms with Crippen LogP contribution in [0, 0.1) is 5.41 Å². The molecule has 3 rings (SSSR count). The molecule has 0 aromatic carbocycles. The molecule has 6 heteroatoms. The number of nitrogens with zero attached hydrogens (tertiary/aromatic N) is 5. The molecule has 2 aliphatic heterocycles. The van der Waals surface area contributed by atoms with Crippen molar-refractivity contribution in [1.82, 2.24) is 19.8 Å². The maximum absolute atomic E-state index is 12.3. The average Bonchev–Trinajstić information content (AvgIpc) is 2.79. The lowest BCUT2D eigenvalue weighted by molar-refractivity contribution is -0.130. The van der Waals surface area contributed by atoms with Gasteiger partial charge in [0.15, 0.2) is 0 Å². The number of hydrogen-bond acceptors (Lipinski definition) is 5. The van der Waals surface area contributed by atoms with Crippen LogP contribution in [-0.4, -0.2) is 71.5 Å². The molecule has 0 N–H and O–H groups in total. The molecule has 2 saturated heterocycles. The molecule has 0 saturated carbocycles. The Morgan fingerprint density at radius 3 is 2.50 bits per heavy atom. The molecule has 26 heavy (non-hydrogen) atoms. The van der Waals surface area contributed by atoms with E-state index in [2.05, 4.69) is 38.5 Å². The van der Waals surface area contributed by atoms with E-state index in [1.54, 1.807) is 12.4 Å². The number of likely N-dealkylation sites (tertiary alicyclic amines) is 1. The minimum Gasteiger partial charge on any atom is -0.353 e. The molecular formula is C20H33N5O. The van der Waals surface area contributed by atoms with Crippen LogP contribution in [0.15, 0.2) is 18.6 Å². The van der Waals surface area contributed by atoms with Gasteiger partial charge in [-0.05, 0) is 37.6 Å². The van der Waals surface area contributed by atoms with E-state index in [1.807, 2.05) is 6.20 Å². The molecule has 0 spiro atoms. The maximum Gasteiger partial charge on any atom is 0.222 e. The van der Waals surface area contributed by atoms with Crippen LogP contribution in [0.25, 0.3) is 0 Å². The predicted molar refractivity (Wildman–Crippen MR) is 104 cm³/mol. The van der Waals surface area contributed by atoms with Crippen LogP contribution in [0.2, 0.25) is 0 Å². The van der Waals surface area contributed by atoms with E-state index in [9.17, 15) is 4.79 Å². The first-order valence-corrected chi connectivity index (χ1v) is 10.0. The highest BCUT2D eigenvalue weighted by molar-refractivity contribution is 5.76. The first-order valence-electron chi connectivity index (χ1n) is 10.0. The number of piperazine rings is 1. The number of carbonyl (C=O) groups is 1. The molecule has 2 fully saturated rings. The van der Waals surface area contributed by atoms with Gasteiger partial charge in [-0.15, -0.1) is 0 Å². The topological polar surface area (TPSA) is 52.6 Å². The smallest absolute Gasteiger partial charge is 0.222 e. The molecule has 3 heterocycles. The highest BCUT2D eigenvalue weighted by atomic mass is 16.2. The summed E-state index contributed by atoms with van der Waals surface area (Å²) in [6, 6.07) is 0. The summed E-state index contributed by atoms with van der Waals surface area (Å²) >= 11 is 0. The van der Waals surface area contributed by atoms with E-state index in [4.69, 9.17) is 0 Å². The van der Waals surface area contributed by atoms with Gasteiger partial charge in [-0.2, -0.15) is 0 Å². The fourth-order valence-electron chi connectivity index (χ4n) is 3.82. The number of carbonyl (C=O) groups excluding carboxylic acids is 1. The van der Waals surface area contributed by atoms with Crippen molar-refractivity contribution in [1.29, 1.82) is 0 Å². The normalized spacial score (nSPS) is 21.7. The van der Waals surface area contributed by atoms with E-state index >= 15 is 0 Å². The van der Waals surface area contributed by atoms with E-state index in [-0.39, 0.29) is 0 Å². The van der Waals surface area contributed by atoms with E-state index in [1.165, 1.54) is 0 Å². The number of aromatic nitrogens is 2. The largest absolute Gasteiger partial charge is 0.353 e. The quantitative estimate of drug-likeness (QED) is 0.730. The Morgan fingerprint density at radius 1 is 1.00 bits per heavy atom. The molecule has 1 amide bonds. The van der Waals surface area contributed by atoms with Crippen LogP contribution in [0.5, 0.6) is 0 Å². The van der Waals surface area contributed by atoms with Crippen molar-refractivity contribution in [3.05, 3.63) is 18.6 Å². The zero-order chi connectivity index (χ0) is 18.4. The lowest BCUT2D eigenvalue weighted by atomic mass is 9.85. The fourth-order valence-corrected chi connectivity index (χ4v) is 3.82. The van der Waals surface area contributed by atoms with Crippen LogP contribution >= 0.6 is 0 Å². The first-order chi connectivity index (χ1) is 12.5. The van der Waals surface area contributed by atoms with Gasteiger partial charge in [-0.1, -0.05) is 13.8 Å². The highest BCUT2D eigenvalue weighted by Crippen LogP contribution is 2.30. The lowest BCUT2D eigenvalue weighted by Gasteiger charge is -2.35. The second-order valence-electron chi connectivity index (χ2n) is 8.39. The van der Waals surface area contributed by atoms with Gasteiger partial charge < -0.3 is 9.80 Å². The van der Waals surface area contributed by atoms with Gasteiger partial charge in [-0.3, -0.25) is 14.7 Å². The third-order valence-corrected chi connectivity index (χ3v) is 5.83. The average molecular weight is 360 g/mol. The predicted octanol–water partition coefficient (Wildman–Crippen LogP) is 2.42. The zero-order valence-electron chi connectivity index (χ0n) is 16.4. The molecule has 0 bridgehead atoms. The van der Waals surface area contributed by atoms with Crippen molar-refractivity contribution in [2.45, 2.75) is 46.0 Å². The molecule has 6 nitrogen and oxygen atoms in total. The summed E-state index contributed by atoms with van der Waals surface area (Å²) in [6.07, 6.45) is 10.5. The molecule has 144 valence electrons. The van der Waals surface area contributed by atoms with Crippen molar-refractivity contribution in [3.63, 3.8) is 0 Å². The number of unbranched alkanes of at least 4 members (excludes halogenated alkanes) is 1. The Kier molecular flexibility index (Phi) is 6.46. The van der Waals surface area contributed by atoms with Gasteiger partial charge in [0, 0.05) is 58.1 Å². The molecule has 2 aliphatic rings. The summed E-state index contributed by atoms with van der Waals surface area (Å²) in [7, 11) is 0. The maximum atomic E-state index is 12.3. The number of hydrogen-bond donors (Lipinski definition) is 0. The van der Waals surface area contributed by atoms with Crippen LogP contribution < -0.4 is 4.90 Å². The molecule has 1 aromatic rings. The molecule has 0 atom stereocenters. The Morgan fingerprint density at radius 2 is 1.77 bits per heavy atom. The van der Waals surface area contributed by atoms with Crippen molar-refractivity contribution in [2.24, 2.45) is 5.41 Å². The lowest BCUT2D eigenvalue weighted by Crippen LogP contribution is -2.47. The van der Waals surface area contributed by atoms with Gasteiger partial charge in [0.1, 0.15) is 5.82 Å². The molecular weight excluding hydrogens is 326 g/mol. The summed E-state index contributed by atoms with van der Waals surface area (Å²) < 4.78 is 0. The molecule has 0 radical (unpaired) electrons. The van der Waals surface area contributed by atoms with Gasteiger partial charge in [0.2, 0.25) is 5.91 Å². The second-order valence-corrected chi connectivity index (χ2v) is 8.39. The van der Waals surface area contributed by atoms with Crippen molar-refractivity contribution in [2.75, 3.05) is 50.7 Å². The van der Waals surface area contributed by atoms with E-state index in [0.29, 0.717) is 11.3 Å². The van der Waals surface area contributed by atoms with E-state index < -0.39 is 0 Å². The van der Waals surface area contributed by atoms with Crippen LogP contribution in [0.4, 0.5) is 5.82 Å². The van der Waals surface area contributed by atoms with Gasteiger partial charge >= 0.3 is 0 Å². The standard InChI is InChI=1S/C20H33N5O/c1-20(2)6-5-19(26)25(12-7-20)11-4-3-10-23-13-15-24(16-14-23)18-17-21-8-9-22-18/h8-9,17H,3-7,10-16H2,1-2H3. The van der Waals surface area contributed by atoms with Crippen molar-refractivity contribution >= 4 is 11.7 Å². The summed E-state index contributed by atoms with van der Waals surface area (Å²) in [4.78, 5) is 27.7. The second kappa shape index (κ2) is 8.80. The summed E-state index contributed by atoms with van der Waals surface area (Å²) in [5.74, 6) is 1.34. The summed E-state index contributed by atoms with van der Waals surface area (Å²) in [5, 5.41) is 0. The minimum atomic E-state index is 0.313. The Hall–Kier alpha value is -1.69. The number of rotatable bonds is 6. The van der Waals surface area contributed by atoms with Crippen molar-refractivity contribution < 1.29 is 4.79 Å². The van der Waals surface area contributed by atoms with Gasteiger partial charge in [0.25, 0.3) is 0 Å². The highest BCUT2D eigenvalue weighted by Gasteiger charge is 2.27. The SMILES string of the molecule is CC1(C)CCC(=O)N(CCCCN2CCN(c3cnccn3)CC2)CC1. The number of amides is 1. The Labute approximate surface area is 157 Å². The van der Waals surface area contributed by atoms with Crippen LogP contribution in [0.3, 0.4) is 0 Å². The van der Waals surface area contributed by atoms with Crippen LogP contribution in [0.1, 0.15) is 46.0 Å². The Bertz CT molecular complexity index is 569. The molecule has 0 aliphatic carbocycles. The summed E-state index contributed by atoms with van der Waals surface area (Å²) in [6.45, 7) is 11.7.